The van der Waals surface area contributed by atoms with E-state index in [0.29, 0.717) is 39.7 Å². The number of amides is 1. The number of carbonyl (C=O) groups excluding carboxylic acids is 1. The van der Waals surface area contributed by atoms with Crippen LogP contribution in [0.5, 0.6) is 0 Å². The van der Waals surface area contributed by atoms with Gasteiger partial charge in [-0.1, -0.05) is 19.0 Å². The van der Waals surface area contributed by atoms with Gasteiger partial charge in [0, 0.05) is 36.4 Å². The molecule has 164 valence electrons. The molecular formula is C21H27N7O2S. The zero-order valence-corrected chi connectivity index (χ0v) is 18.8. The van der Waals surface area contributed by atoms with Gasteiger partial charge in [-0.2, -0.15) is 0 Å². The molecule has 0 aliphatic carbocycles. The molecule has 0 spiro atoms. The molecule has 3 heterocycles. The van der Waals surface area contributed by atoms with E-state index in [9.17, 15) is 4.79 Å². The number of oxime groups is 1. The van der Waals surface area contributed by atoms with Crippen LogP contribution in [0.4, 0.5) is 5.95 Å². The molecule has 3 aromatic heterocycles. The number of hydrogen-bond donors (Lipinski definition) is 2. The zero-order valence-electron chi connectivity index (χ0n) is 18.0. The number of hydrogen-bond acceptors (Lipinski definition) is 9. The van der Waals surface area contributed by atoms with E-state index in [1.165, 1.54) is 11.3 Å². The van der Waals surface area contributed by atoms with Gasteiger partial charge in [0.25, 0.3) is 5.91 Å². The third kappa shape index (κ3) is 5.53. The van der Waals surface area contributed by atoms with Crippen molar-refractivity contribution in [2.75, 3.05) is 38.5 Å². The molecule has 0 atom stereocenters. The highest BCUT2D eigenvalue weighted by atomic mass is 32.1. The Morgan fingerprint density at radius 2 is 1.97 bits per heavy atom. The summed E-state index contributed by atoms with van der Waals surface area (Å²) in [5, 5.41) is 7.91. The number of likely N-dealkylation sites (N-methyl/N-ethyl adjacent to an activating group) is 1. The van der Waals surface area contributed by atoms with Crippen LogP contribution in [0.1, 0.15) is 41.7 Å². The normalized spacial score (nSPS) is 11.8. The van der Waals surface area contributed by atoms with E-state index in [0.717, 1.165) is 25.2 Å². The molecule has 0 aliphatic rings. The summed E-state index contributed by atoms with van der Waals surface area (Å²) in [5.74, 6) is -0.0513. The second-order valence-electron chi connectivity index (χ2n) is 6.66. The Hall–Kier alpha value is -3.11. The van der Waals surface area contributed by atoms with Gasteiger partial charge in [-0.05, 0) is 38.2 Å². The number of thiophene rings is 1. The van der Waals surface area contributed by atoms with Crippen molar-refractivity contribution < 1.29 is 9.63 Å². The Balaban J connectivity index is 2.02. The van der Waals surface area contributed by atoms with Crippen LogP contribution in [0.3, 0.4) is 0 Å². The topological polar surface area (TPSA) is 119 Å². The average molecular weight is 442 g/mol. The Morgan fingerprint density at radius 1 is 1.23 bits per heavy atom. The van der Waals surface area contributed by atoms with Crippen LogP contribution in [0.2, 0.25) is 0 Å². The number of carbonyl (C=O) groups is 1. The molecule has 0 radical (unpaired) electrons. The van der Waals surface area contributed by atoms with Gasteiger partial charge in [0.05, 0.1) is 4.88 Å². The fraction of sp³-hybridized carbons (Fsp3) is 0.381. The summed E-state index contributed by atoms with van der Waals surface area (Å²) in [6.45, 7) is 9.73. The highest BCUT2D eigenvalue weighted by Gasteiger charge is 2.20. The predicted octanol–water partition coefficient (Wildman–Crippen LogP) is 2.53. The number of nitrogen functional groups attached to an aromatic ring is 1. The number of aromatic nitrogens is 3. The lowest BCUT2D eigenvalue weighted by molar-refractivity contribution is 0.0960. The van der Waals surface area contributed by atoms with Crippen LogP contribution in [0, 0.1) is 0 Å². The van der Waals surface area contributed by atoms with Crippen molar-refractivity contribution in [1.29, 1.82) is 0 Å². The second-order valence-corrected chi connectivity index (χ2v) is 7.69. The van der Waals surface area contributed by atoms with Gasteiger partial charge in [-0.25, -0.2) is 9.97 Å². The lowest BCUT2D eigenvalue weighted by Gasteiger charge is -2.16. The first-order chi connectivity index (χ1) is 15.1. The minimum Gasteiger partial charge on any atom is -0.394 e. The molecule has 0 aliphatic heterocycles. The number of nitrogens with zero attached hydrogens (tertiary/aromatic N) is 5. The van der Waals surface area contributed by atoms with E-state index in [-0.39, 0.29) is 11.9 Å². The van der Waals surface area contributed by atoms with Crippen molar-refractivity contribution in [3.05, 3.63) is 46.7 Å². The van der Waals surface area contributed by atoms with Gasteiger partial charge in [0.2, 0.25) is 5.95 Å². The Morgan fingerprint density at radius 3 is 2.65 bits per heavy atom. The number of rotatable bonds is 10. The SMILES string of the molecule is CCNC(=O)c1cc2c(C(=NOCCN(CC)CC)c3ccncc3)nc(N)nc2s1. The molecule has 0 aromatic carbocycles. The Kier molecular flexibility index (Phi) is 7.85. The molecule has 3 aromatic rings. The Labute approximate surface area is 185 Å². The standard InChI is InChI=1S/C21H27N7O2S/c1-4-24-19(29)16-13-15-18(25-21(22)26-20(15)31-16)17(14-7-9-23-10-8-14)27-30-12-11-28(5-2)6-3/h7-10,13H,4-6,11-12H2,1-3H3,(H,24,29)(H2,22,25,26). The lowest BCUT2D eigenvalue weighted by atomic mass is 10.1. The summed E-state index contributed by atoms with van der Waals surface area (Å²) in [5.41, 5.74) is 7.80. The van der Waals surface area contributed by atoms with Crippen molar-refractivity contribution in [1.82, 2.24) is 25.2 Å². The van der Waals surface area contributed by atoms with Crippen molar-refractivity contribution in [2.24, 2.45) is 5.16 Å². The fourth-order valence-corrected chi connectivity index (χ4v) is 4.00. The molecule has 0 saturated carbocycles. The van der Waals surface area contributed by atoms with Gasteiger partial charge >= 0.3 is 0 Å². The van der Waals surface area contributed by atoms with Crippen molar-refractivity contribution in [3.8, 4) is 0 Å². The summed E-state index contributed by atoms with van der Waals surface area (Å²) in [6.07, 6.45) is 3.35. The third-order valence-corrected chi connectivity index (χ3v) is 5.73. The smallest absolute Gasteiger partial charge is 0.261 e. The van der Waals surface area contributed by atoms with Gasteiger partial charge in [-0.15, -0.1) is 11.3 Å². The fourth-order valence-electron chi connectivity index (χ4n) is 3.04. The van der Waals surface area contributed by atoms with Gasteiger partial charge in [0.1, 0.15) is 22.8 Å². The maximum Gasteiger partial charge on any atom is 0.261 e. The van der Waals surface area contributed by atoms with Gasteiger partial charge in [-0.3, -0.25) is 9.78 Å². The van der Waals surface area contributed by atoms with Crippen LogP contribution in [0.25, 0.3) is 10.2 Å². The molecule has 10 heteroatoms. The van der Waals surface area contributed by atoms with Crippen LogP contribution in [0.15, 0.2) is 35.7 Å². The first-order valence-electron chi connectivity index (χ1n) is 10.3. The monoisotopic (exact) mass is 441 g/mol. The molecule has 0 saturated heterocycles. The van der Waals surface area contributed by atoms with Crippen LogP contribution in [-0.2, 0) is 4.84 Å². The maximum atomic E-state index is 12.3. The molecule has 0 unspecified atom stereocenters. The molecular weight excluding hydrogens is 414 g/mol. The van der Waals surface area contributed by atoms with E-state index < -0.39 is 0 Å². The zero-order chi connectivity index (χ0) is 22.2. The summed E-state index contributed by atoms with van der Waals surface area (Å²) < 4.78 is 0. The van der Waals surface area contributed by atoms with Crippen LogP contribution >= 0.6 is 11.3 Å². The number of anilines is 1. The van der Waals surface area contributed by atoms with Crippen molar-refractivity contribution in [3.63, 3.8) is 0 Å². The average Bonchev–Trinajstić information content (AvgIpc) is 3.21. The first-order valence-corrected chi connectivity index (χ1v) is 11.1. The molecule has 1 amide bonds. The Bertz CT molecular complexity index is 1050. The highest BCUT2D eigenvalue weighted by Crippen LogP contribution is 2.28. The van der Waals surface area contributed by atoms with E-state index in [4.69, 9.17) is 10.6 Å². The summed E-state index contributed by atoms with van der Waals surface area (Å²) in [6, 6.07) is 5.42. The van der Waals surface area contributed by atoms with Gasteiger partial charge in [0.15, 0.2) is 0 Å². The molecule has 3 N–H and O–H groups in total. The maximum absolute atomic E-state index is 12.3. The largest absolute Gasteiger partial charge is 0.394 e. The third-order valence-electron chi connectivity index (χ3n) is 4.70. The molecule has 3 rings (SSSR count). The van der Waals surface area contributed by atoms with Crippen molar-refractivity contribution in [2.45, 2.75) is 20.8 Å². The first kappa shape index (κ1) is 22.6. The minimum atomic E-state index is -0.159. The second kappa shape index (κ2) is 10.8. The van der Waals surface area contributed by atoms with Gasteiger partial charge < -0.3 is 20.8 Å². The van der Waals surface area contributed by atoms with E-state index >= 15 is 0 Å². The minimum absolute atomic E-state index is 0.108. The summed E-state index contributed by atoms with van der Waals surface area (Å²) in [4.78, 5) is 34.2. The molecule has 0 bridgehead atoms. The van der Waals surface area contributed by atoms with E-state index in [1.807, 2.05) is 19.1 Å². The van der Waals surface area contributed by atoms with E-state index in [1.54, 1.807) is 18.5 Å². The quantitative estimate of drug-likeness (QED) is 0.282. The molecule has 9 nitrogen and oxygen atoms in total. The number of pyridine rings is 1. The number of nitrogens with one attached hydrogen (secondary N) is 1. The summed E-state index contributed by atoms with van der Waals surface area (Å²) in [7, 11) is 0. The number of fused-ring (bicyclic) bond motifs is 1. The van der Waals surface area contributed by atoms with Crippen LogP contribution in [-0.4, -0.2) is 64.3 Å². The predicted molar refractivity (Wildman–Crippen MR) is 123 cm³/mol. The highest BCUT2D eigenvalue weighted by molar-refractivity contribution is 7.20. The van der Waals surface area contributed by atoms with Crippen molar-refractivity contribution >= 4 is 39.1 Å². The molecule has 31 heavy (non-hydrogen) atoms. The lowest BCUT2D eigenvalue weighted by Crippen LogP contribution is -2.26. The van der Waals surface area contributed by atoms with E-state index in [2.05, 4.69) is 44.2 Å². The number of nitrogens with two attached hydrogens (primary N) is 1. The van der Waals surface area contributed by atoms with Crippen LogP contribution < -0.4 is 11.1 Å². The summed E-state index contributed by atoms with van der Waals surface area (Å²) >= 11 is 1.27. The molecule has 0 fully saturated rings.